The van der Waals surface area contributed by atoms with Gasteiger partial charge in [-0.2, -0.15) is 0 Å². The molecule has 1 aromatic heterocycles. The second-order valence-electron chi connectivity index (χ2n) is 12.9. The maximum Gasteiger partial charge on any atom is 0.469 e. The zero-order chi connectivity index (χ0) is 40.8. The van der Waals surface area contributed by atoms with Crippen LogP contribution in [-0.2, 0) is 53.8 Å². The number of aliphatic hydroxyl groups excluding tert-OH is 1. The number of aliphatic hydroxyl groups is 1. The van der Waals surface area contributed by atoms with E-state index in [4.69, 9.17) is 25.0 Å². The van der Waals surface area contributed by atoms with Gasteiger partial charge >= 0.3 is 7.82 Å². The van der Waals surface area contributed by atoms with E-state index in [-0.39, 0.29) is 44.2 Å². The number of methoxy groups -OCH3 is 1. The second-order valence-corrected chi connectivity index (χ2v) is 14.1. The molecule has 0 aromatic carbocycles. The summed E-state index contributed by atoms with van der Waals surface area (Å²) in [4.78, 5) is 105. The zero-order valence-electron chi connectivity index (χ0n) is 31.4. The molecule has 0 radical (unpaired) electrons. The summed E-state index contributed by atoms with van der Waals surface area (Å²) in [5.41, 5.74) is 5.67. The Kier molecular flexibility index (Phi) is 22.4. The van der Waals surface area contributed by atoms with Gasteiger partial charge in [0.05, 0.1) is 51.8 Å². The SMILES string of the molecule is CCCCCN(CC(=O)N[C@@H](CC(C)C)C(=O)N[C@@H](Cc1cnc[nH]1)C(=O)N[C@@H](CO)C(=O)N[C@H](C(N)=O)[C@@H](C)OP(=O)(O)O)C(=O)CCOCCOC. The van der Waals surface area contributed by atoms with E-state index >= 15 is 0 Å². The molecule has 5 atom stereocenters. The van der Waals surface area contributed by atoms with E-state index in [0.717, 1.165) is 19.8 Å². The Balaban J connectivity index is 3.16. The predicted molar refractivity (Wildman–Crippen MR) is 192 cm³/mol. The summed E-state index contributed by atoms with van der Waals surface area (Å²) >= 11 is 0. The van der Waals surface area contributed by atoms with Gasteiger partial charge in [0, 0.05) is 32.0 Å². The monoisotopic (exact) mass is 792 g/mol. The van der Waals surface area contributed by atoms with E-state index in [1.807, 2.05) is 20.8 Å². The molecular weight excluding hydrogens is 735 g/mol. The lowest BCUT2D eigenvalue weighted by Crippen LogP contribution is -2.60. The molecule has 21 nitrogen and oxygen atoms in total. The van der Waals surface area contributed by atoms with Gasteiger partial charge in [-0.1, -0.05) is 33.6 Å². The van der Waals surface area contributed by atoms with E-state index in [1.165, 1.54) is 24.5 Å². The molecule has 6 amide bonds. The molecule has 1 aromatic rings. The lowest BCUT2D eigenvalue weighted by molar-refractivity contribution is -0.138. The number of nitrogens with two attached hydrogens (primary N) is 1. The minimum absolute atomic E-state index is 0.0413. The van der Waals surface area contributed by atoms with Crippen LogP contribution in [0.3, 0.4) is 0 Å². The molecule has 0 bridgehead atoms. The van der Waals surface area contributed by atoms with Crippen LogP contribution in [0.15, 0.2) is 12.5 Å². The highest BCUT2D eigenvalue weighted by molar-refractivity contribution is 7.46. The van der Waals surface area contributed by atoms with Crippen LogP contribution in [-0.4, -0.2) is 142 Å². The van der Waals surface area contributed by atoms with Gasteiger partial charge in [0.25, 0.3) is 0 Å². The lowest BCUT2D eigenvalue weighted by atomic mass is 10.0. The van der Waals surface area contributed by atoms with Gasteiger partial charge in [-0.25, -0.2) is 9.55 Å². The smallest absolute Gasteiger partial charge is 0.394 e. The number of phosphoric acid groups is 1. The van der Waals surface area contributed by atoms with Crippen LogP contribution in [0.2, 0.25) is 0 Å². The highest BCUT2D eigenvalue weighted by Gasteiger charge is 2.35. The van der Waals surface area contributed by atoms with Crippen molar-refractivity contribution >= 4 is 43.3 Å². The minimum atomic E-state index is -5.10. The molecule has 0 saturated carbocycles. The van der Waals surface area contributed by atoms with Crippen molar-refractivity contribution in [3.63, 3.8) is 0 Å². The quantitative estimate of drug-likeness (QED) is 0.0327. The summed E-state index contributed by atoms with van der Waals surface area (Å²) < 4.78 is 26.0. The summed E-state index contributed by atoms with van der Waals surface area (Å²) in [6.45, 7) is 6.53. The fourth-order valence-corrected chi connectivity index (χ4v) is 5.59. The van der Waals surface area contributed by atoms with Gasteiger partial charge < -0.3 is 61.3 Å². The third-order valence-corrected chi connectivity index (χ3v) is 8.38. The van der Waals surface area contributed by atoms with Crippen LogP contribution in [0.4, 0.5) is 0 Å². The molecule has 0 unspecified atom stereocenters. The number of carbonyl (C=O) groups excluding carboxylic acids is 6. The van der Waals surface area contributed by atoms with Gasteiger partial charge in [-0.05, 0) is 25.7 Å². The molecule has 0 fully saturated rings. The standard InChI is InChI=1S/C32H57N8O13P/c1-6-7-8-10-40(27(43)9-11-52-13-12-51-5)17-26(42)36-23(14-20(2)3)30(45)37-24(15-22-16-34-19-35-22)31(46)38-25(18-41)32(47)39-28(29(33)44)21(4)53-54(48,49)50/h16,19-21,23-25,28,41H,6-15,17-18H2,1-5H3,(H2,33,44)(H,34,35)(H,36,42)(H,37,45)(H,38,46)(H,39,47)(H2,48,49,50)/t21-,23+,24+,25+,28+/m1/s1. The molecule has 1 rings (SSSR count). The summed E-state index contributed by atoms with van der Waals surface area (Å²) in [5, 5.41) is 19.6. The van der Waals surface area contributed by atoms with E-state index in [2.05, 4.69) is 35.8 Å². The molecule has 308 valence electrons. The fraction of sp³-hybridized carbons (Fsp3) is 0.719. The molecule has 10 N–H and O–H groups in total. The number of ether oxygens (including phenoxy) is 2. The van der Waals surface area contributed by atoms with Crippen molar-refractivity contribution in [1.29, 1.82) is 0 Å². The van der Waals surface area contributed by atoms with Crippen LogP contribution in [0.1, 0.15) is 65.5 Å². The topological polar surface area (TPSA) is 314 Å². The summed E-state index contributed by atoms with van der Waals surface area (Å²) in [6, 6.07) is -6.05. The van der Waals surface area contributed by atoms with Crippen LogP contribution in [0.5, 0.6) is 0 Å². The summed E-state index contributed by atoms with van der Waals surface area (Å²) in [5.74, 6) is -5.11. The van der Waals surface area contributed by atoms with Crippen LogP contribution in [0.25, 0.3) is 0 Å². The van der Waals surface area contributed by atoms with E-state index < -0.39 is 74.2 Å². The normalized spacial score (nSPS) is 14.3. The van der Waals surface area contributed by atoms with Gasteiger partial charge in [0.2, 0.25) is 35.4 Å². The van der Waals surface area contributed by atoms with E-state index in [1.54, 1.807) is 0 Å². The Morgan fingerprint density at radius 2 is 1.59 bits per heavy atom. The van der Waals surface area contributed by atoms with Gasteiger partial charge in [-0.15, -0.1) is 0 Å². The number of aromatic nitrogens is 2. The van der Waals surface area contributed by atoms with Crippen molar-refractivity contribution in [3.8, 4) is 0 Å². The largest absolute Gasteiger partial charge is 0.469 e. The van der Waals surface area contributed by atoms with Crippen molar-refractivity contribution in [1.82, 2.24) is 36.1 Å². The first-order valence-electron chi connectivity index (χ1n) is 17.6. The number of aromatic amines is 1. The van der Waals surface area contributed by atoms with Crippen LogP contribution in [0, 0.1) is 5.92 Å². The number of phosphoric ester groups is 1. The number of primary amides is 1. The number of nitrogens with one attached hydrogen (secondary N) is 5. The van der Waals surface area contributed by atoms with Crippen molar-refractivity contribution in [2.75, 3.05) is 46.6 Å². The molecule has 0 spiro atoms. The third-order valence-electron chi connectivity index (χ3n) is 7.77. The zero-order valence-corrected chi connectivity index (χ0v) is 32.3. The summed E-state index contributed by atoms with van der Waals surface area (Å²) in [6.07, 6.45) is 3.53. The number of hydrogen-bond donors (Lipinski definition) is 9. The van der Waals surface area contributed by atoms with Crippen LogP contribution < -0.4 is 27.0 Å². The average Bonchev–Trinajstić information content (AvgIpc) is 3.60. The van der Waals surface area contributed by atoms with Gasteiger partial charge in [0.1, 0.15) is 24.2 Å². The predicted octanol–water partition coefficient (Wildman–Crippen LogP) is -2.02. The number of hydrogen-bond acceptors (Lipinski definition) is 12. The van der Waals surface area contributed by atoms with Crippen molar-refractivity contribution in [2.45, 2.75) is 96.5 Å². The molecule has 0 aliphatic rings. The van der Waals surface area contributed by atoms with E-state index in [0.29, 0.717) is 31.9 Å². The van der Waals surface area contributed by atoms with Gasteiger partial charge in [-0.3, -0.25) is 33.3 Å². The minimum Gasteiger partial charge on any atom is -0.394 e. The Morgan fingerprint density at radius 3 is 2.15 bits per heavy atom. The first kappa shape index (κ1) is 48.0. The molecule has 22 heteroatoms. The Labute approximate surface area is 314 Å². The number of nitrogens with zero attached hydrogens (tertiary/aromatic N) is 2. The third kappa shape index (κ3) is 19.4. The number of amides is 6. The molecule has 0 aliphatic carbocycles. The van der Waals surface area contributed by atoms with Crippen molar-refractivity contribution in [3.05, 3.63) is 18.2 Å². The maximum atomic E-state index is 13.7. The fourth-order valence-electron chi connectivity index (χ4n) is 5.04. The maximum absolute atomic E-state index is 13.7. The number of unbranched alkanes of at least 4 members (excludes halogenated alkanes) is 2. The summed E-state index contributed by atoms with van der Waals surface area (Å²) in [7, 11) is -3.57. The highest BCUT2D eigenvalue weighted by Crippen LogP contribution is 2.38. The highest BCUT2D eigenvalue weighted by atomic mass is 31.2. The Hall–Kier alpha value is -3.98. The molecule has 1 heterocycles. The number of rotatable bonds is 28. The first-order chi connectivity index (χ1) is 25.4. The Morgan fingerprint density at radius 1 is 0.944 bits per heavy atom. The Bertz CT molecular complexity index is 1380. The van der Waals surface area contributed by atoms with Crippen molar-refractivity contribution in [2.24, 2.45) is 11.7 Å². The average molecular weight is 793 g/mol. The number of imidazole rings is 1. The molecule has 0 aliphatic heterocycles. The second kappa shape index (κ2) is 25.2. The lowest BCUT2D eigenvalue weighted by Gasteiger charge is -2.27. The molecular formula is C32H57N8O13P. The molecule has 0 saturated heterocycles. The van der Waals surface area contributed by atoms with Crippen LogP contribution >= 0.6 is 7.82 Å². The number of carbonyl (C=O) groups is 6. The molecule has 54 heavy (non-hydrogen) atoms. The number of H-pyrrole nitrogens is 1. The van der Waals surface area contributed by atoms with E-state index in [9.17, 15) is 38.4 Å². The van der Waals surface area contributed by atoms with Crippen molar-refractivity contribution < 1.29 is 62.2 Å². The van der Waals surface area contributed by atoms with Gasteiger partial charge in [0.15, 0.2) is 0 Å². The first-order valence-corrected chi connectivity index (χ1v) is 19.1.